The normalized spacial score (nSPS) is 19.7. The van der Waals surface area contributed by atoms with Crippen LogP contribution >= 0.6 is 0 Å². The fourth-order valence-electron chi connectivity index (χ4n) is 5.80. The third-order valence-corrected chi connectivity index (χ3v) is 8.12. The van der Waals surface area contributed by atoms with Crippen LogP contribution in [0, 0.1) is 12.3 Å². The van der Waals surface area contributed by atoms with Crippen molar-refractivity contribution in [1.29, 1.82) is 0 Å². The van der Waals surface area contributed by atoms with Gasteiger partial charge < -0.3 is 24.2 Å². The van der Waals surface area contributed by atoms with Crippen LogP contribution in [0.2, 0.25) is 0 Å². The van der Waals surface area contributed by atoms with Gasteiger partial charge in [0.2, 0.25) is 5.91 Å². The Balaban J connectivity index is 1.32. The SMILES string of the molecule is COc1ccccc1-c1noc(C)c1C(=O)N1CCC2(CCCCc3ccccc3OC[C@H](C)NC2=O)CC1. The lowest BCUT2D eigenvalue weighted by atomic mass is 9.73. The maximum Gasteiger partial charge on any atom is 0.259 e. The molecule has 8 nitrogen and oxygen atoms in total. The van der Waals surface area contributed by atoms with E-state index in [4.69, 9.17) is 14.0 Å². The first kappa shape index (κ1) is 26.8. The number of nitrogens with zero attached hydrogens (tertiary/aromatic N) is 2. The lowest BCUT2D eigenvalue weighted by Crippen LogP contribution is -2.52. The molecule has 0 saturated carbocycles. The van der Waals surface area contributed by atoms with Crippen LogP contribution in [0.1, 0.15) is 60.7 Å². The lowest BCUT2D eigenvalue weighted by molar-refractivity contribution is -0.135. The number of methoxy groups -OCH3 is 1. The summed E-state index contributed by atoms with van der Waals surface area (Å²) in [5.41, 5.74) is 2.35. The molecule has 1 N–H and O–H groups in total. The van der Waals surface area contributed by atoms with Gasteiger partial charge in [-0.2, -0.15) is 0 Å². The first-order valence-corrected chi connectivity index (χ1v) is 13.8. The number of para-hydroxylation sites is 2. The highest BCUT2D eigenvalue weighted by atomic mass is 16.5. The number of ether oxygens (including phenoxy) is 2. The summed E-state index contributed by atoms with van der Waals surface area (Å²) in [5, 5.41) is 7.42. The van der Waals surface area contributed by atoms with E-state index in [9.17, 15) is 9.59 Å². The van der Waals surface area contributed by atoms with Crippen molar-refractivity contribution in [2.45, 2.75) is 58.4 Å². The summed E-state index contributed by atoms with van der Waals surface area (Å²) in [5.74, 6) is 1.94. The van der Waals surface area contributed by atoms with Gasteiger partial charge in [0.05, 0.1) is 18.6 Å². The highest BCUT2D eigenvalue weighted by Gasteiger charge is 2.43. The van der Waals surface area contributed by atoms with Crippen molar-refractivity contribution in [1.82, 2.24) is 15.4 Å². The molecule has 0 bridgehead atoms. The minimum absolute atomic E-state index is 0.0652. The third-order valence-electron chi connectivity index (χ3n) is 8.12. The highest BCUT2D eigenvalue weighted by Crippen LogP contribution is 2.39. The van der Waals surface area contributed by atoms with E-state index < -0.39 is 5.41 Å². The van der Waals surface area contributed by atoms with Crippen LogP contribution in [0.4, 0.5) is 0 Å². The first-order chi connectivity index (χ1) is 18.9. The van der Waals surface area contributed by atoms with Crippen molar-refractivity contribution < 1.29 is 23.6 Å². The number of hydrogen-bond acceptors (Lipinski definition) is 6. The van der Waals surface area contributed by atoms with Gasteiger partial charge in [0.25, 0.3) is 5.91 Å². The molecule has 1 spiro atoms. The maximum atomic E-state index is 13.8. The van der Waals surface area contributed by atoms with Crippen molar-refractivity contribution in [2.24, 2.45) is 5.41 Å². The van der Waals surface area contributed by atoms with E-state index in [0.29, 0.717) is 60.9 Å². The number of amides is 2. The van der Waals surface area contributed by atoms with Gasteiger partial charge in [-0.25, -0.2) is 0 Å². The molecule has 2 aliphatic heterocycles. The van der Waals surface area contributed by atoms with E-state index in [1.165, 1.54) is 5.56 Å². The molecule has 8 heteroatoms. The van der Waals surface area contributed by atoms with Crippen molar-refractivity contribution in [3.8, 4) is 22.8 Å². The molecular weight excluding hydrogens is 494 g/mol. The zero-order valence-corrected chi connectivity index (χ0v) is 23.0. The van der Waals surface area contributed by atoms with E-state index in [1.54, 1.807) is 14.0 Å². The summed E-state index contributed by atoms with van der Waals surface area (Å²) in [6, 6.07) is 15.5. The number of rotatable bonds is 3. The summed E-state index contributed by atoms with van der Waals surface area (Å²) in [6.07, 6.45) is 4.87. The number of aryl methyl sites for hydroxylation is 2. The Morgan fingerprint density at radius 2 is 1.82 bits per heavy atom. The predicted molar refractivity (Wildman–Crippen MR) is 148 cm³/mol. The summed E-state index contributed by atoms with van der Waals surface area (Å²) < 4.78 is 17.0. The molecule has 3 heterocycles. The van der Waals surface area contributed by atoms with Gasteiger partial charge in [0.1, 0.15) is 35.1 Å². The zero-order valence-electron chi connectivity index (χ0n) is 23.0. The Morgan fingerprint density at radius 3 is 2.62 bits per heavy atom. The molecule has 1 atom stereocenters. The Bertz CT molecular complexity index is 1330. The quantitative estimate of drug-likeness (QED) is 0.500. The minimum Gasteiger partial charge on any atom is -0.496 e. The molecule has 0 aliphatic carbocycles. The van der Waals surface area contributed by atoms with Gasteiger partial charge in [-0.05, 0) is 69.7 Å². The molecule has 0 unspecified atom stereocenters. The second kappa shape index (κ2) is 11.5. The van der Waals surface area contributed by atoms with E-state index in [-0.39, 0.29) is 17.9 Å². The summed E-state index contributed by atoms with van der Waals surface area (Å²) >= 11 is 0. The van der Waals surface area contributed by atoms with Gasteiger partial charge >= 0.3 is 0 Å². The Morgan fingerprint density at radius 1 is 1.08 bits per heavy atom. The van der Waals surface area contributed by atoms with E-state index in [1.807, 2.05) is 54.3 Å². The lowest BCUT2D eigenvalue weighted by Gasteiger charge is -2.41. The van der Waals surface area contributed by atoms with Crippen molar-refractivity contribution in [3.63, 3.8) is 0 Å². The van der Waals surface area contributed by atoms with Crippen LogP contribution in [0.3, 0.4) is 0 Å². The van der Waals surface area contributed by atoms with E-state index in [2.05, 4.69) is 16.5 Å². The number of aromatic nitrogens is 1. The van der Waals surface area contributed by atoms with Crippen molar-refractivity contribution in [2.75, 3.05) is 26.8 Å². The second-order valence-electron chi connectivity index (χ2n) is 10.7. The molecule has 206 valence electrons. The van der Waals surface area contributed by atoms with Crippen LogP contribution in [0.5, 0.6) is 11.5 Å². The van der Waals surface area contributed by atoms with Crippen LogP contribution < -0.4 is 14.8 Å². The Hall–Kier alpha value is -3.81. The molecule has 0 radical (unpaired) electrons. The van der Waals surface area contributed by atoms with Crippen LogP contribution in [-0.2, 0) is 11.2 Å². The molecule has 1 aromatic heterocycles. The molecule has 1 saturated heterocycles. The maximum absolute atomic E-state index is 13.8. The zero-order chi connectivity index (χ0) is 27.4. The fourth-order valence-corrected chi connectivity index (χ4v) is 5.80. The Labute approximate surface area is 229 Å². The molecule has 3 aromatic rings. The summed E-state index contributed by atoms with van der Waals surface area (Å²) in [6.45, 7) is 5.15. The molecule has 2 amide bonds. The number of nitrogens with one attached hydrogen (secondary N) is 1. The number of likely N-dealkylation sites (tertiary alicyclic amines) is 1. The first-order valence-electron chi connectivity index (χ1n) is 13.8. The topological polar surface area (TPSA) is 93.9 Å². The number of carbonyl (C=O) groups excluding carboxylic acids is 2. The van der Waals surface area contributed by atoms with Gasteiger partial charge in [-0.15, -0.1) is 0 Å². The molecule has 39 heavy (non-hydrogen) atoms. The van der Waals surface area contributed by atoms with Crippen LogP contribution in [0.25, 0.3) is 11.3 Å². The van der Waals surface area contributed by atoms with Crippen LogP contribution in [-0.4, -0.2) is 54.7 Å². The van der Waals surface area contributed by atoms with Gasteiger partial charge in [0.15, 0.2) is 0 Å². The number of carbonyl (C=O) groups is 2. The third kappa shape index (κ3) is 5.51. The monoisotopic (exact) mass is 531 g/mol. The molecule has 1 fully saturated rings. The highest BCUT2D eigenvalue weighted by molar-refractivity contribution is 6.01. The minimum atomic E-state index is -0.501. The number of hydrogen-bond donors (Lipinski definition) is 1. The van der Waals surface area contributed by atoms with Crippen molar-refractivity contribution >= 4 is 11.8 Å². The second-order valence-corrected chi connectivity index (χ2v) is 10.7. The van der Waals surface area contributed by atoms with Crippen molar-refractivity contribution in [3.05, 3.63) is 65.4 Å². The standard InChI is InChI=1S/C31H37N3O5/c1-21-20-38-25-13-6-4-10-23(25)11-8-9-15-31(30(36)32-21)16-18-34(19-17-31)29(35)27-22(2)39-33-28(27)24-12-5-7-14-26(24)37-3/h4-7,10,12-14,21H,8-9,11,15-20H2,1-3H3,(H,32,36)/t21-/m0/s1. The average Bonchev–Trinajstić information content (AvgIpc) is 3.35. The number of fused-ring (bicyclic) bond motifs is 1. The average molecular weight is 532 g/mol. The summed E-state index contributed by atoms with van der Waals surface area (Å²) in [7, 11) is 1.59. The molecule has 2 aromatic carbocycles. The van der Waals surface area contributed by atoms with Gasteiger partial charge in [-0.1, -0.05) is 41.9 Å². The van der Waals surface area contributed by atoms with Gasteiger partial charge in [-0.3, -0.25) is 9.59 Å². The fraction of sp³-hybridized carbons (Fsp3) is 0.452. The van der Waals surface area contributed by atoms with E-state index in [0.717, 1.165) is 31.4 Å². The van der Waals surface area contributed by atoms with Crippen LogP contribution in [0.15, 0.2) is 53.1 Å². The smallest absolute Gasteiger partial charge is 0.259 e. The van der Waals surface area contributed by atoms with Gasteiger partial charge in [0, 0.05) is 18.7 Å². The number of piperidine rings is 1. The predicted octanol–water partition coefficient (Wildman–Crippen LogP) is 5.19. The van der Waals surface area contributed by atoms with E-state index >= 15 is 0 Å². The largest absolute Gasteiger partial charge is 0.496 e. The molecular formula is C31H37N3O5. The molecule has 2 aliphatic rings. The Kier molecular flexibility index (Phi) is 7.91. The molecule has 5 rings (SSSR count). The number of benzene rings is 2. The summed E-state index contributed by atoms with van der Waals surface area (Å²) in [4.78, 5) is 29.2.